The molecule has 0 radical (unpaired) electrons. The van der Waals surface area contributed by atoms with E-state index in [0.29, 0.717) is 22.5 Å². The summed E-state index contributed by atoms with van der Waals surface area (Å²) in [4.78, 5) is 28.1. The van der Waals surface area contributed by atoms with Gasteiger partial charge in [0.1, 0.15) is 29.3 Å². The second-order valence-electron chi connectivity index (χ2n) is 8.29. The van der Waals surface area contributed by atoms with Gasteiger partial charge in [0.2, 0.25) is 0 Å². The van der Waals surface area contributed by atoms with Gasteiger partial charge in [0, 0.05) is 29.6 Å². The maximum Gasteiger partial charge on any atom is 0.387 e. The minimum Gasteiger partial charge on any atom is -0.496 e. The molecule has 12 heteroatoms. The molecule has 0 aliphatic heterocycles. The molecule has 36 heavy (non-hydrogen) atoms. The van der Waals surface area contributed by atoms with E-state index in [0.717, 1.165) is 18.4 Å². The molecule has 1 aromatic carbocycles. The number of ether oxygens (including phenoxy) is 2. The number of alkyl halides is 2. The Morgan fingerprint density at radius 1 is 1.17 bits per heavy atom. The van der Waals surface area contributed by atoms with Crippen molar-refractivity contribution in [2.75, 3.05) is 7.11 Å². The predicted octanol–water partition coefficient (Wildman–Crippen LogP) is 3.45. The van der Waals surface area contributed by atoms with Gasteiger partial charge in [-0.3, -0.25) is 18.7 Å². The van der Waals surface area contributed by atoms with Gasteiger partial charge >= 0.3 is 12.6 Å². The third-order valence-corrected chi connectivity index (χ3v) is 5.71. The number of carbonyl (C=O) groups excluding carboxylic acids is 1. The average Bonchev–Trinajstić information content (AvgIpc) is 3.35. The normalized spacial score (nSPS) is 13.2. The topological polar surface area (TPSA) is 120 Å². The van der Waals surface area contributed by atoms with Crippen molar-refractivity contribution in [1.82, 2.24) is 24.5 Å². The molecule has 1 aliphatic carbocycles. The Labute approximate surface area is 203 Å². The number of aromatic nitrogens is 4. The Morgan fingerprint density at radius 3 is 2.64 bits per heavy atom. The molecule has 0 unspecified atom stereocenters. The van der Waals surface area contributed by atoms with Gasteiger partial charge in [-0.25, -0.2) is 4.98 Å². The molecule has 10 nitrogen and oxygen atoms in total. The smallest absolute Gasteiger partial charge is 0.387 e. The van der Waals surface area contributed by atoms with E-state index in [4.69, 9.17) is 14.6 Å². The van der Waals surface area contributed by atoms with Crippen LogP contribution in [0.25, 0.3) is 28.0 Å². The third kappa shape index (κ3) is 4.69. The van der Waals surface area contributed by atoms with Gasteiger partial charge in [0.25, 0.3) is 5.91 Å². The number of rotatable bonds is 9. The van der Waals surface area contributed by atoms with Gasteiger partial charge in [-0.05, 0) is 42.7 Å². The lowest BCUT2D eigenvalue weighted by Crippen LogP contribution is -2.26. The minimum absolute atomic E-state index is 0.0190. The SMILES string of the molecule is COc1cc(-c2cnc3cc(-c4cnn(CC(=O)O)c4)ccn23)cc(OC(F)F)c1C(=O)NC1CC1. The number of methoxy groups -OCH3 is 1. The zero-order valence-corrected chi connectivity index (χ0v) is 19.0. The molecule has 0 bridgehead atoms. The summed E-state index contributed by atoms with van der Waals surface area (Å²) in [6.07, 6.45) is 8.16. The van der Waals surface area contributed by atoms with Crippen LogP contribution in [0.2, 0.25) is 0 Å². The number of hydrogen-bond acceptors (Lipinski definition) is 6. The summed E-state index contributed by atoms with van der Waals surface area (Å²) >= 11 is 0. The Kier molecular flexibility index (Phi) is 6.00. The molecule has 0 saturated heterocycles. The van der Waals surface area contributed by atoms with E-state index in [9.17, 15) is 18.4 Å². The van der Waals surface area contributed by atoms with Gasteiger partial charge in [-0.2, -0.15) is 13.9 Å². The van der Waals surface area contributed by atoms with Crippen LogP contribution in [0, 0.1) is 0 Å². The molecule has 3 aromatic heterocycles. The number of aliphatic carboxylic acids is 1. The van der Waals surface area contributed by atoms with E-state index >= 15 is 0 Å². The summed E-state index contributed by atoms with van der Waals surface area (Å²) in [5.74, 6) is -1.74. The Morgan fingerprint density at radius 2 is 1.94 bits per heavy atom. The van der Waals surface area contributed by atoms with E-state index in [1.165, 1.54) is 17.9 Å². The number of carboxylic acids is 1. The molecular formula is C24H21F2N5O5. The van der Waals surface area contributed by atoms with Gasteiger partial charge in [0.05, 0.1) is 25.2 Å². The summed E-state index contributed by atoms with van der Waals surface area (Å²) in [6.45, 7) is -3.39. The summed E-state index contributed by atoms with van der Waals surface area (Å²) in [5.41, 5.74) is 2.96. The number of fused-ring (bicyclic) bond motifs is 1. The van der Waals surface area contributed by atoms with Crippen LogP contribution in [0.15, 0.2) is 49.1 Å². The Bertz CT molecular complexity index is 1460. The first-order valence-electron chi connectivity index (χ1n) is 11.0. The van der Waals surface area contributed by atoms with Crippen molar-refractivity contribution in [3.05, 3.63) is 54.6 Å². The summed E-state index contributed by atoms with van der Waals surface area (Å²) < 4.78 is 39.6. The number of carbonyl (C=O) groups is 2. The van der Waals surface area contributed by atoms with Crippen molar-refractivity contribution in [3.8, 4) is 33.9 Å². The number of nitrogens with zero attached hydrogens (tertiary/aromatic N) is 4. The van der Waals surface area contributed by atoms with E-state index in [1.54, 1.807) is 47.4 Å². The number of pyridine rings is 1. The molecule has 4 aromatic rings. The van der Waals surface area contributed by atoms with Gasteiger partial charge in [0.15, 0.2) is 0 Å². The lowest BCUT2D eigenvalue weighted by molar-refractivity contribution is -0.137. The molecule has 1 amide bonds. The monoisotopic (exact) mass is 497 g/mol. The third-order valence-electron chi connectivity index (χ3n) is 5.71. The van der Waals surface area contributed by atoms with Crippen molar-refractivity contribution in [3.63, 3.8) is 0 Å². The van der Waals surface area contributed by atoms with Crippen LogP contribution in [0.3, 0.4) is 0 Å². The molecule has 1 aliphatic rings. The molecule has 0 atom stereocenters. The van der Waals surface area contributed by atoms with E-state index in [2.05, 4.69) is 15.4 Å². The summed E-state index contributed by atoms with van der Waals surface area (Å²) in [6, 6.07) is 6.55. The predicted molar refractivity (Wildman–Crippen MR) is 123 cm³/mol. The Balaban J connectivity index is 1.53. The number of imidazole rings is 1. The first-order valence-corrected chi connectivity index (χ1v) is 11.0. The van der Waals surface area contributed by atoms with Gasteiger partial charge < -0.3 is 19.9 Å². The molecule has 3 heterocycles. The molecule has 1 saturated carbocycles. The van der Waals surface area contributed by atoms with Crippen LogP contribution in [0.4, 0.5) is 8.78 Å². The summed E-state index contributed by atoms with van der Waals surface area (Å²) in [5, 5.41) is 15.8. The highest BCUT2D eigenvalue weighted by atomic mass is 19.3. The molecule has 1 fully saturated rings. The Hall–Kier alpha value is -4.48. The van der Waals surface area contributed by atoms with Crippen molar-refractivity contribution in [1.29, 1.82) is 0 Å². The highest BCUT2D eigenvalue weighted by Gasteiger charge is 2.29. The quantitative estimate of drug-likeness (QED) is 0.363. The molecule has 2 N–H and O–H groups in total. The van der Waals surface area contributed by atoms with E-state index in [1.807, 2.05) is 0 Å². The van der Waals surface area contributed by atoms with Crippen LogP contribution in [0.5, 0.6) is 11.5 Å². The average molecular weight is 497 g/mol. The number of amides is 1. The van der Waals surface area contributed by atoms with Crippen molar-refractivity contribution in [2.45, 2.75) is 32.0 Å². The van der Waals surface area contributed by atoms with Crippen LogP contribution in [-0.4, -0.2) is 55.9 Å². The van der Waals surface area contributed by atoms with Crippen molar-refractivity contribution < 1.29 is 33.0 Å². The largest absolute Gasteiger partial charge is 0.496 e. The first-order chi connectivity index (χ1) is 17.3. The van der Waals surface area contributed by atoms with E-state index in [-0.39, 0.29) is 29.6 Å². The molecular weight excluding hydrogens is 476 g/mol. The fourth-order valence-electron chi connectivity index (χ4n) is 3.91. The van der Waals surface area contributed by atoms with E-state index < -0.39 is 18.5 Å². The standard InChI is InChI=1S/C24H21F2N5O5/c1-35-18-6-14(7-19(36-24(25)26)22(18)23(34)29-16-2-3-16)17-10-27-20-8-13(4-5-31(17)20)15-9-28-30(11-15)12-21(32)33/h4-11,16,24H,2-3,12H2,1H3,(H,29,34)(H,32,33). The zero-order valence-electron chi connectivity index (χ0n) is 19.0. The maximum atomic E-state index is 13.2. The van der Waals surface area contributed by atoms with Crippen LogP contribution < -0.4 is 14.8 Å². The lowest BCUT2D eigenvalue weighted by Gasteiger charge is -2.16. The lowest BCUT2D eigenvalue weighted by atomic mass is 10.1. The highest BCUT2D eigenvalue weighted by molar-refractivity contribution is 6.01. The van der Waals surface area contributed by atoms with Gasteiger partial charge in [-0.1, -0.05) is 0 Å². The van der Waals surface area contributed by atoms with Crippen LogP contribution in [-0.2, 0) is 11.3 Å². The fourth-order valence-corrected chi connectivity index (χ4v) is 3.91. The number of carboxylic acid groups (broad SMARTS) is 1. The van der Waals surface area contributed by atoms with Gasteiger partial charge in [-0.15, -0.1) is 0 Å². The number of nitrogens with one attached hydrogen (secondary N) is 1. The fraction of sp³-hybridized carbons (Fsp3) is 0.250. The molecule has 0 spiro atoms. The number of hydrogen-bond donors (Lipinski definition) is 2. The second-order valence-corrected chi connectivity index (χ2v) is 8.29. The zero-order chi connectivity index (χ0) is 25.4. The number of benzene rings is 1. The minimum atomic E-state index is -3.13. The first kappa shape index (κ1) is 23.3. The summed E-state index contributed by atoms with van der Waals surface area (Å²) in [7, 11) is 1.35. The molecule has 186 valence electrons. The van der Waals surface area contributed by atoms with Crippen molar-refractivity contribution >= 4 is 17.5 Å². The van der Waals surface area contributed by atoms with Crippen LogP contribution in [0.1, 0.15) is 23.2 Å². The maximum absolute atomic E-state index is 13.2. The number of halogens is 2. The second kappa shape index (κ2) is 9.29. The van der Waals surface area contributed by atoms with Crippen molar-refractivity contribution in [2.24, 2.45) is 0 Å². The van der Waals surface area contributed by atoms with Crippen LogP contribution >= 0.6 is 0 Å². The highest BCUT2D eigenvalue weighted by Crippen LogP contribution is 2.37. The molecule has 5 rings (SSSR count).